The quantitative estimate of drug-likeness (QED) is 0.793. The Balaban J connectivity index is 2.52. The van der Waals surface area contributed by atoms with Gasteiger partial charge in [0.1, 0.15) is 0 Å². The standard InChI is InChI=1S/C13H16BrNS/c1-3-15-10(9-16-4-2)8-11-12(14)6-5-7-13(11)15/h5-8H,3-4,9H2,1-2H3. The van der Waals surface area contributed by atoms with Crippen molar-refractivity contribution in [3.8, 4) is 0 Å². The summed E-state index contributed by atoms with van der Waals surface area (Å²) in [6, 6.07) is 8.73. The van der Waals surface area contributed by atoms with Crippen molar-refractivity contribution in [1.82, 2.24) is 4.57 Å². The second kappa shape index (κ2) is 5.28. The zero-order valence-electron chi connectivity index (χ0n) is 9.66. The van der Waals surface area contributed by atoms with Crippen LogP contribution in [0.5, 0.6) is 0 Å². The van der Waals surface area contributed by atoms with Gasteiger partial charge in [-0.3, -0.25) is 0 Å². The molecule has 3 heteroatoms. The summed E-state index contributed by atoms with van der Waals surface area (Å²) in [6.07, 6.45) is 0. The Hall–Kier alpha value is -0.410. The molecule has 0 saturated carbocycles. The number of aromatic nitrogens is 1. The number of aryl methyl sites for hydroxylation is 1. The molecule has 0 aliphatic carbocycles. The molecule has 1 heterocycles. The fourth-order valence-corrected chi connectivity index (χ4v) is 3.13. The molecule has 16 heavy (non-hydrogen) atoms. The van der Waals surface area contributed by atoms with E-state index < -0.39 is 0 Å². The number of thioether (sulfide) groups is 1. The summed E-state index contributed by atoms with van der Waals surface area (Å²) in [5.41, 5.74) is 2.76. The molecule has 2 aromatic rings. The minimum Gasteiger partial charge on any atom is -0.344 e. The topological polar surface area (TPSA) is 4.93 Å². The van der Waals surface area contributed by atoms with Crippen LogP contribution in [0.15, 0.2) is 28.7 Å². The van der Waals surface area contributed by atoms with Gasteiger partial charge in [0.25, 0.3) is 0 Å². The average Bonchev–Trinajstić information content (AvgIpc) is 2.65. The summed E-state index contributed by atoms with van der Waals surface area (Å²) in [6.45, 7) is 5.46. The van der Waals surface area contributed by atoms with E-state index in [1.54, 1.807) is 0 Å². The highest BCUT2D eigenvalue weighted by molar-refractivity contribution is 9.10. The molecule has 0 bridgehead atoms. The lowest BCUT2D eigenvalue weighted by molar-refractivity contribution is 0.765. The molecule has 0 spiro atoms. The zero-order chi connectivity index (χ0) is 11.5. The van der Waals surface area contributed by atoms with E-state index in [0.717, 1.165) is 12.3 Å². The normalized spacial score (nSPS) is 11.2. The largest absolute Gasteiger partial charge is 0.344 e. The molecule has 0 unspecified atom stereocenters. The van der Waals surface area contributed by atoms with Crippen LogP contribution >= 0.6 is 27.7 Å². The number of nitrogens with zero attached hydrogens (tertiary/aromatic N) is 1. The first-order chi connectivity index (χ1) is 7.77. The first-order valence-corrected chi connectivity index (χ1v) is 7.57. The molecule has 2 rings (SSSR count). The Bertz CT molecular complexity index is 490. The van der Waals surface area contributed by atoms with Gasteiger partial charge in [0.15, 0.2) is 0 Å². The molecule has 0 saturated heterocycles. The van der Waals surface area contributed by atoms with Crippen molar-refractivity contribution in [2.75, 3.05) is 5.75 Å². The SMILES string of the molecule is CCSCc1cc2c(Br)cccc2n1CC. The number of rotatable bonds is 4. The molecule has 0 atom stereocenters. The van der Waals surface area contributed by atoms with Crippen molar-refractivity contribution >= 4 is 38.6 Å². The van der Waals surface area contributed by atoms with Gasteiger partial charge in [-0.15, -0.1) is 0 Å². The maximum Gasteiger partial charge on any atom is 0.0494 e. The maximum atomic E-state index is 3.62. The Morgan fingerprint density at radius 1 is 1.31 bits per heavy atom. The number of hydrogen-bond donors (Lipinski definition) is 0. The van der Waals surface area contributed by atoms with E-state index in [4.69, 9.17) is 0 Å². The predicted octanol–water partition coefficient (Wildman–Crippen LogP) is 4.68. The second-order valence-corrected chi connectivity index (χ2v) is 5.82. The molecule has 1 nitrogen and oxygen atoms in total. The fraction of sp³-hybridized carbons (Fsp3) is 0.385. The van der Waals surface area contributed by atoms with Crippen LogP contribution in [-0.2, 0) is 12.3 Å². The van der Waals surface area contributed by atoms with Crippen LogP contribution in [0.2, 0.25) is 0 Å². The van der Waals surface area contributed by atoms with E-state index in [0.29, 0.717) is 0 Å². The summed E-state index contributed by atoms with van der Waals surface area (Å²) in [5.74, 6) is 2.28. The lowest BCUT2D eigenvalue weighted by Crippen LogP contribution is -1.98. The Kier molecular flexibility index (Phi) is 3.98. The van der Waals surface area contributed by atoms with Gasteiger partial charge in [-0.1, -0.05) is 28.9 Å². The summed E-state index contributed by atoms with van der Waals surface area (Å²) in [4.78, 5) is 0. The Morgan fingerprint density at radius 3 is 2.81 bits per heavy atom. The summed E-state index contributed by atoms with van der Waals surface area (Å²) in [5, 5.41) is 1.33. The van der Waals surface area contributed by atoms with Crippen LogP contribution in [-0.4, -0.2) is 10.3 Å². The molecule has 0 aliphatic heterocycles. The van der Waals surface area contributed by atoms with Gasteiger partial charge in [-0.25, -0.2) is 0 Å². The summed E-state index contributed by atoms with van der Waals surface area (Å²) in [7, 11) is 0. The predicted molar refractivity (Wildman–Crippen MR) is 77.1 cm³/mol. The third-order valence-corrected chi connectivity index (χ3v) is 4.35. The zero-order valence-corrected chi connectivity index (χ0v) is 12.1. The highest BCUT2D eigenvalue weighted by Gasteiger charge is 2.08. The van der Waals surface area contributed by atoms with Gasteiger partial charge in [0.2, 0.25) is 0 Å². The fourth-order valence-electron chi connectivity index (χ4n) is 2.00. The summed E-state index contributed by atoms with van der Waals surface area (Å²) >= 11 is 5.60. The van der Waals surface area contributed by atoms with Gasteiger partial charge in [0.05, 0.1) is 0 Å². The van der Waals surface area contributed by atoms with E-state index in [1.807, 2.05) is 11.8 Å². The molecule has 0 aliphatic rings. The third-order valence-electron chi connectivity index (χ3n) is 2.75. The number of benzene rings is 1. The molecule has 1 aromatic carbocycles. The monoisotopic (exact) mass is 297 g/mol. The second-order valence-electron chi connectivity index (χ2n) is 3.69. The summed E-state index contributed by atoms with van der Waals surface area (Å²) < 4.78 is 3.60. The highest BCUT2D eigenvalue weighted by Crippen LogP contribution is 2.28. The lowest BCUT2D eigenvalue weighted by atomic mass is 10.2. The van der Waals surface area contributed by atoms with E-state index >= 15 is 0 Å². The number of fused-ring (bicyclic) bond motifs is 1. The van der Waals surface area contributed by atoms with Crippen LogP contribution in [0.25, 0.3) is 10.9 Å². The van der Waals surface area contributed by atoms with Crippen molar-refractivity contribution < 1.29 is 0 Å². The van der Waals surface area contributed by atoms with E-state index in [2.05, 4.69) is 58.6 Å². The molecule has 0 N–H and O–H groups in total. The van der Waals surface area contributed by atoms with E-state index in [9.17, 15) is 0 Å². The highest BCUT2D eigenvalue weighted by atomic mass is 79.9. The van der Waals surface area contributed by atoms with Crippen molar-refractivity contribution in [2.45, 2.75) is 26.1 Å². The van der Waals surface area contributed by atoms with Gasteiger partial charge in [0, 0.05) is 33.4 Å². The molecular weight excluding hydrogens is 282 g/mol. The molecule has 0 amide bonds. The van der Waals surface area contributed by atoms with Gasteiger partial charge in [-0.2, -0.15) is 11.8 Å². The van der Waals surface area contributed by atoms with Crippen LogP contribution in [0.3, 0.4) is 0 Å². The molecule has 0 fully saturated rings. The first kappa shape index (κ1) is 12.1. The third kappa shape index (κ3) is 2.16. The smallest absolute Gasteiger partial charge is 0.0494 e. The van der Waals surface area contributed by atoms with Crippen molar-refractivity contribution in [2.24, 2.45) is 0 Å². The van der Waals surface area contributed by atoms with Crippen molar-refractivity contribution in [3.05, 3.63) is 34.4 Å². The van der Waals surface area contributed by atoms with Gasteiger partial charge < -0.3 is 4.57 Å². The molecule has 1 aromatic heterocycles. The minimum absolute atomic E-state index is 1.04. The lowest BCUT2D eigenvalue weighted by Gasteiger charge is -2.06. The number of hydrogen-bond acceptors (Lipinski definition) is 1. The molecular formula is C13H16BrNS. The number of halogens is 1. The average molecular weight is 298 g/mol. The van der Waals surface area contributed by atoms with Crippen molar-refractivity contribution in [3.63, 3.8) is 0 Å². The van der Waals surface area contributed by atoms with Crippen LogP contribution in [0.4, 0.5) is 0 Å². The van der Waals surface area contributed by atoms with Crippen LogP contribution in [0.1, 0.15) is 19.5 Å². The van der Waals surface area contributed by atoms with Gasteiger partial charge >= 0.3 is 0 Å². The van der Waals surface area contributed by atoms with Crippen molar-refractivity contribution in [1.29, 1.82) is 0 Å². The van der Waals surface area contributed by atoms with Gasteiger partial charge in [-0.05, 0) is 30.9 Å². The maximum absolute atomic E-state index is 3.62. The Labute approximate surface area is 109 Å². The molecule has 0 radical (unpaired) electrons. The van der Waals surface area contributed by atoms with Crippen LogP contribution < -0.4 is 0 Å². The first-order valence-electron chi connectivity index (χ1n) is 5.62. The van der Waals surface area contributed by atoms with E-state index in [1.165, 1.54) is 26.8 Å². The molecule has 86 valence electrons. The van der Waals surface area contributed by atoms with Crippen LogP contribution in [0, 0.1) is 0 Å². The Morgan fingerprint density at radius 2 is 2.12 bits per heavy atom. The minimum atomic E-state index is 1.04. The van der Waals surface area contributed by atoms with E-state index in [-0.39, 0.29) is 0 Å².